The average Bonchev–Trinajstić information content (AvgIpc) is 2.39. The molecule has 1 aromatic heterocycles. The van der Waals surface area contributed by atoms with E-state index in [9.17, 15) is 15.0 Å². The summed E-state index contributed by atoms with van der Waals surface area (Å²) in [4.78, 5) is 12.0. The third-order valence-electron chi connectivity index (χ3n) is 2.95. The lowest BCUT2D eigenvalue weighted by atomic mass is 10.0. The second-order valence-corrected chi connectivity index (χ2v) is 4.13. The van der Waals surface area contributed by atoms with Crippen molar-refractivity contribution in [1.82, 2.24) is 0 Å². The molecule has 0 spiro atoms. The highest BCUT2D eigenvalue weighted by atomic mass is 16.4. The molecule has 94 valence electrons. The highest BCUT2D eigenvalue weighted by Gasteiger charge is 2.17. The Hall–Kier alpha value is -2.75. The summed E-state index contributed by atoms with van der Waals surface area (Å²) in [6.45, 7) is 0. The van der Waals surface area contributed by atoms with E-state index in [2.05, 4.69) is 0 Å². The van der Waals surface area contributed by atoms with Gasteiger partial charge in [-0.2, -0.15) is 0 Å². The third kappa shape index (κ3) is 1.74. The molecule has 3 aromatic rings. The zero-order valence-corrected chi connectivity index (χ0v) is 9.83. The first-order valence-corrected chi connectivity index (χ1v) is 5.71. The number of hydrogen-bond acceptors (Lipinski definition) is 4. The van der Waals surface area contributed by atoms with Gasteiger partial charge in [-0.05, 0) is 17.7 Å². The van der Waals surface area contributed by atoms with E-state index in [4.69, 9.17) is 4.42 Å². The van der Waals surface area contributed by atoms with E-state index in [0.29, 0.717) is 5.56 Å². The first-order valence-electron chi connectivity index (χ1n) is 5.71. The van der Waals surface area contributed by atoms with Gasteiger partial charge in [0, 0.05) is 0 Å². The van der Waals surface area contributed by atoms with Crippen molar-refractivity contribution >= 4 is 11.0 Å². The summed E-state index contributed by atoms with van der Waals surface area (Å²) in [6.07, 6.45) is 0. The maximum absolute atomic E-state index is 12.0. The Bertz CT molecular complexity index is 803. The van der Waals surface area contributed by atoms with Crippen molar-refractivity contribution < 1.29 is 14.6 Å². The van der Waals surface area contributed by atoms with Crippen molar-refractivity contribution in [2.24, 2.45) is 0 Å². The minimum Gasteiger partial charge on any atom is -0.507 e. The number of rotatable bonds is 1. The molecule has 4 heteroatoms. The van der Waals surface area contributed by atoms with Gasteiger partial charge in [-0.25, -0.2) is 4.79 Å². The second-order valence-electron chi connectivity index (χ2n) is 4.13. The fourth-order valence-electron chi connectivity index (χ4n) is 2.07. The summed E-state index contributed by atoms with van der Waals surface area (Å²) >= 11 is 0. The van der Waals surface area contributed by atoms with Gasteiger partial charge in [0.15, 0.2) is 0 Å². The van der Waals surface area contributed by atoms with E-state index >= 15 is 0 Å². The summed E-state index contributed by atoms with van der Waals surface area (Å²) in [7, 11) is 0. The van der Waals surface area contributed by atoms with Crippen molar-refractivity contribution in [2.45, 2.75) is 0 Å². The minimum atomic E-state index is -0.637. The molecule has 2 aromatic carbocycles. The van der Waals surface area contributed by atoms with E-state index < -0.39 is 5.63 Å². The van der Waals surface area contributed by atoms with Crippen LogP contribution in [0.2, 0.25) is 0 Å². The molecular weight excluding hydrogens is 244 g/mol. The van der Waals surface area contributed by atoms with Crippen LogP contribution in [0.25, 0.3) is 22.1 Å². The van der Waals surface area contributed by atoms with Crippen molar-refractivity contribution in [3.05, 3.63) is 59.0 Å². The van der Waals surface area contributed by atoms with Crippen LogP contribution in [0, 0.1) is 0 Å². The fourth-order valence-corrected chi connectivity index (χ4v) is 2.07. The summed E-state index contributed by atoms with van der Waals surface area (Å²) in [6, 6.07) is 13.2. The zero-order valence-electron chi connectivity index (χ0n) is 9.83. The molecule has 0 aliphatic carbocycles. The topological polar surface area (TPSA) is 70.7 Å². The predicted octanol–water partition coefficient (Wildman–Crippen LogP) is 2.87. The van der Waals surface area contributed by atoms with Crippen molar-refractivity contribution in [3.8, 4) is 22.6 Å². The molecule has 0 fully saturated rings. The Kier molecular flexibility index (Phi) is 2.49. The fraction of sp³-hybridized carbons (Fsp3) is 0. The van der Waals surface area contributed by atoms with Crippen LogP contribution in [0.5, 0.6) is 11.5 Å². The first kappa shape index (κ1) is 11.3. The Morgan fingerprint density at radius 3 is 2.37 bits per heavy atom. The third-order valence-corrected chi connectivity index (χ3v) is 2.95. The molecule has 0 aliphatic rings. The lowest BCUT2D eigenvalue weighted by Gasteiger charge is -2.07. The van der Waals surface area contributed by atoms with Crippen LogP contribution in [0.15, 0.2) is 57.7 Å². The van der Waals surface area contributed by atoms with Crippen LogP contribution in [-0.4, -0.2) is 10.2 Å². The summed E-state index contributed by atoms with van der Waals surface area (Å²) in [5.41, 5.74) is 0.109. The van der Waals surface area contributed by atoms with E-state index in [1.54, 1.807) is 36.4 Å². The molecule has 1 heterocycles. The van der Waals surface area contributed by atoms with Crippen molar-refractivity contribution in [1.29, 1.82) is 0 Å². The van der Waals surface area contributed by atoms with Gasteiger partial charge >= 0.3 is 5.63 Å². The van der Waals surface area contributed by atoms with Gasteiger partial charge in [0.25, 0.3) is 0 Å². The van der Waals surface area contributed by atoms with Gasteiger partial charge in [0.2, 0.25) is 0 Å². The molecule has 0 saturated carbocycles. The molecule has 0 bridgehead atoms. The quantitative estimate of drug-likeness (QED) is 0.655. The Morgan fingerprint density at radius 1 is 0.895 bits per heavy atom. The molecule has 0 aliphatic heterocycles. The van der Waals surface area contributed by atoms with Gasteiger partial charge < -0.3 is 14.6 Å². The van der Waals surface area contributed by atoms with E-state index in [1.165, 1.54) is 12.1 Å². The molecular formula is C15H10O4. The molecule has 3 rings (SSSR count). The van der Waals surface area contributed by atoms with Crippen LogP contribution >= 0.6 is 0 Å². The molecule has 0 saturated heterocycles. The Labute approximate surface area is 108 Å². The van der Waals surface area contributed by atoms with Gasteiger partial charge in [0.1, 0.15) is 28.0 Å². The number of phenols is 1. The standard InChI is InChI=1S/C15H10O4/c16-10-7-4-8-11-13(10)14(17)12(15(18)19-11)9-5-2-1-3-6-9/h1-8,16-17H. The number of hydrogen-bond donors (Lipinski definition) is 2. The lowest BCUT2D eigenvalue weighted by molar-refractivity contribution is 0.455. The number of phenolic OH excluding ortho intramolecular Hbond substituents is 1. The molecule has 19 heavy (non-hydrogen) atoms. The first-order chi connectivity index (χ1) is 9.18. The number of benzene rings is 2. The normalized spacial score (nSPS) is 10.7. The zero-order chi connectivity index (χ0) is 13.4. The molecule has 0 radical (unpaired) electrons. The van der Waals surface area contributed by atoms with Crippen molar-refractivity contribution in [2.75, 3.05) is 0 Å². The summed E-state index contributed by atoms with van der Waals surface area (Å²) in [5.74, 6) is -0.397. The maximum Gasteiger partial charge on any atom is 0.347 e. The number of fused-ring (bicyclic) bond motifs is 1. The van der Waals surface area contributed by atoms with Crippen LogP contribution in [0.4, 0.5) is 0 Å². The van der Waals surface area contributed by atoms with E-state index in [-0.39, 0.29) is 28.0 Å². The van der Waals surface area contributed by atoms with Gasteiger partial charge in [-0.15, -0.1) is 0 Å². The largest absolute Gasteiger partial charge is 0.507 e. The summed E-state index contributed by atoms with van der Waals surface area (Å²) in [5, 5.41) is 20.2. The SMILES string of the molecule is O=c1oc2cccc(O)c2c(O)c1-c1ccccc1. The van der Waals surface area contributed by atoms with Crippen molar-refractivity contribution in [3.63, 3.8) is 0 Å². The maximum atomic E-state index is 12.0. The van der Waals surface area contributed by atoms with Crippen LogP contribution in [-0.2, 0) is 0 Å². The lowest BCUT2D eigenvalue weighted by Crippen LogP contribution is -2.03. The second kappa shape index (κ2) is 4.17. The van der Waals surface area contributed by atoms with Crippen LogP contribution in [0.1, 0.15) is 0 Å². The monoisotopic (exact) mass is 254 g/mol. The molecule has 0 unspecified atom stereocenters. The van der Waals surface area contributed by atoms with Crippen LogP contribution < -0.4 is 5.63 Å². The average molecular weight is 254 g/mol. The molecule has 2 N–H and O–H groups in total. The summed E-state index contributed by atoms with van der Waals surface area (Å²) < 4.78 is 5.13. The Morgan fingerprint density at radius 2 is 1.63 bits per heavy atom. The highest BCUT2D eigenvalue weighted by Crippen LogP contribution is 2.37. The number of aromatic hydroxyl groups is 2. The molecule has 0 amide bonds. The van der Waals surface area contributed by atoms with E-state index in [1.807, 2.05) is 0 Å². The predicted molar refractivity (Wildman–Crippen MR) is 71.2 cm³/mol. The van der Waals surface area contributed by atoms with Crippen LogP contribution in [0.3, 0.4) is 0 Å². The minimum absolute atomic E-state index is 0.0506. The van der Waals surface area contributed by atoms with Gasteiger partial charge in [-0.3, -0.25) is 0 Å². The van der Waals surface area contributed by atoms with E-state index in [0.717, 1.165) is 0 Å². The van der Waals surface area contributed by atoms with Gasteiger partial charge in [0.05, 0.1) is 0 Å². The van der Waals surface area contributed by atoms with Gasteiger partial charge in [-0.1, -0.05) is 36.4 Å². The molecule has 4 nitrogen and oxygen atoms in total. The smallest absolute Gasteiger partial charge is 0.347 e. The molecule has 0 atom stereocenters. The highest BCUT2D eigenvalue weighted by molar-refractivity contribution is 5.94. The Balaban J connectivity index is 2.45.